The topological polar surface area (TPSA) is 75.9 Å². The third-order valence-electron chi connectivity index (χ3n) is 4.14. The first-order chi connectivity index (χ1) is 11.2. The molecule has 2 amide bonds. The van der Waals surface area contributed by atoms with E-state index in [1.54, 1.807) is 9.80 Å². The van der Waals surface area contributed by atoms with E-state index in [2.05, 4.69) is 0 Å². The molecule has 2 N–H and O–H groups in total. The smallest absolute Gasteiger partial charge is 0.410 e. The third kappa shape index (κ3) is 4.69. The van der Waals surface area contributed by atoms with Gasteiger partial charge in [-0.15, -0.1) is 0 Å². The van der Waals surface area contributed by atoms with Gasteiger partial charge in [0.25, 0.3) is 0 Å². The monoisotopic (exact) mass is 319 g/mol. The number of carbonyl (C=O) groups excluding carboxylic acids is 2. The van der Waals surface area contributed by atoms with Crippen LogP contribution >= 0.6 is 0 Å². The lowest BCUT2D eigenvalue weighted by Crippen LogP contribution is -2.52. The maximum atomic E-state index is 12.4. The van der Waals surface area contributed by atoms with Crippen molar-refractivity contribution in [3.05, 3.63) is 35.9 Å². The van der Waals surface area contributed by atoms with E-state index < -0.39 is 0 Å². The van der Waals surface area contributed by atoms with Crippen LogP contribution in [0.5, 0.6) is 0 Å². The Morgan fingerprint density at radius 1 is 1.35 bits per heavy atom. The Bertz CT molecular complexity index is 521. The van der Waals surface area contributed by atoms with Gasteiger partial charge in [0.2, 0.25) is 5.91 Å². The van der Waals surface area contributed by atoms with Crippen molar-refractivity contribution in [2.24, 2.45) is 5.73 Å². The van der Waals surface area contributed by atoms with Gasteiger partial charge in [-0.3, -0.25) is 4.79 Å². The summed E-state index contributed by atoms with van der Waals surface area (Å²) < 4.78 is 5.42. The predicted octanol–water partition coefficient (Wildman–Crippen LogP) is 1.59. The Hall–Kier alpha value is -2.08. The SMILES string of the molecule is CCN(C(=O)OCc1ccccc1)C1CCCN(C(=O)CN)C1. The van der Waals surface area contributed by atoms with Crippen LogP contribution in [-0.2, 0) is 16.1 Å². The Labute approximate surface area is 137 Å². The number of piperidine rings is 1. The summed E-state index contributed by atoms with van der Waals surface area (Å²) in [5.41, 5.74) is 6.39. The minimum Gasteiger partial charge on any atom is -0.445 e. The number of ether oxygens (including phenoxy) is 1. The van der Waals surface area contributed by atoms with Crippen LogP contribution in [0.3, 0.4) is 0 Å². The molecule has 1 aliphatic heterocycles. The summed E-state index contributed by atoms with van der Waals surface area (Å²) in [7, 11) is 0. The van der Waals surface area contributed by atoms with Gasteiger partial charge >= 0.3 is 6.09 Å². The Morgan fingerprint density at radius 3 is 2.74 bits per heavy atom. The van der Waals surface area contributed by atoms with Gasteiger partial charge in [0, 0.05) is 19.6 Å². The van der Waals surface area contributed by atoms with E-state index in [1.807, 2.05) is 37.3 Å². The van der Waals surface area contributed by atoms with Crippen LogP contribution in [0.15, 0.2) is 30.3 Å². The van der Waals surface area contributed by atoms with Crippen molar-refractivity contribution < 1.29 is 14.3 Å². The average molecular weight is 319 g/mol. The molecule has 0 aliphatic carbocycles. The number of rotatable bonds is 5. The van der Waals surface area contributed by atoms with E-state index in [1.165, 1.54) is 0 Å². The second-order valence-electron chi connectivity index (χ2n) is 5.67. The quantitative estimate of drug-likeness (QED) is 0.894. The van der Waals surface area contributed by atoms with Crippen LogP contribution in [0.25, 0.3) is 0 Å². The highest BCUT2D eigenvalue weighted by Crippen LogP contribution is 2.17. The molecule has 1 unspecified atom stereocenters. The first-order valence-electron chi connectivity index (χ1n) is 8.10. The molecule has 0 aromatic heterocycles. The molecule has 1 atom stereocenters. The summed E-state index contributed by atoms with van der Waals surface area (Å²) in [6, 6.07) is 9.59. The van der Waals surface area contributed by atoms with Crippen LogP contribution in [-0.4, -0.2) is 54.0 Å². The molecular formula is C17H25N3O3. The van der Waals surface area contributed by atoms with Gasteiger partial charge in [-0.25, -0.2) is 4.79 Å². The average Bonchev–Trinajstić information content (AvgIpc) is 2.61. The Kier molecular flexibility index (Phi) is 6.40. The van der Waals surface area contributed by atoms with E-state index in [0.717, 1.165) is 18.4 Å². The molecular weight excluding hydrogens is 294 g/mol. The maximum absolute atomic E-state index is 12.4. The fourth-order valence-corrected chi connectivity index (χ4v) is 2.90. The summed E-state index contributed by atoms with van der Waals surface area (Å²) in [5, 5.41) is 0. The third-order valence-corrected chi connectivity index (χ3v) is 4.14. The Morgan fingerprint density at radius 2 is 2.09 bits per heavy atom. The molecule has 0 radical (unpaired) electrons. The molecule has 1 heterocycles. The summed E-state index contributed by atoms with van der Waals surface area (Å²) in [6.45, 7) is 4.00. The molecule has 126 valence electrons. The number of amides is 2. The highest BCUT2D eigenvalue weighted by atomic mass is 16.6. The molecule has 1 aliphatic rings. The lowest BCUT2D eigenvalue weighted by molar-refractivity contribution is -0.131. The minimum absolute atomic E-state index is 0.00692. The maximum Gasteiger partial charge on any atom is 0.410 e. The van der Waals surface area contributed by atoms with Gasteiger partial charge in [-0.1, -0.05) is 30.3 Å². The largest absolute Gasteiger partial charge is 0.445 e. The summed E-state index contributed by atoms with van der Waals surface area (Å²) in [6.07, 6.45) is 1.42. The van der Waals surface area contributed by atoms with Crippen LogP contribution < -0.4 is 5.73 Å². The highest BCUT2D eigenvalue weighted by Gasteiger charge is 2.30. The zero-order valence-electron chi connectivity index (χ0n) is 13.6. The number of carbonyl (C=O) groups is 2. The number of nitrogens with two attached hydrogens (primary N) is 1. The first kappa shape index (κ1) is 17.3. The van der Waals surface area contributed by atoms with Crippen molar-refractivity contribution in [2.45, 2.75) is 32.4 Å². The van der Waals surface area contributed by atoms with E-state index in [4.69, 9.17) is 10.5 Å². The van der Waals surface area contributed by atoms with Crippen LogP contribution in [0.2, 0.25) is 0 Å². The van der Waals surface area contributed by atoms with Gasteiger partial charge < -0.3 is 20.3 Å². The number of likely N-dealkylation sites (tertiary alicyclic amines) is 1. The van der Waals surface area contributed by atoms with Gasteiger partial charge in [0.1, 0.15) is 6.61 Å². The molecule has 1 aromatic rings. The van der Waals surface area contributed by atoms with Crippen molar-refractivity contribution in [3.8, 4) is 0 Å². The molecule has 6 heteroatoms. The van der Waals surface area contributed by atoms with Crippen LogP contribution in [0.4, 0.5) is 4.79 Å². The summed E-state index contributed by atoms with van der Waals surface area (Å²) in [5.74, 6) is -0.0663. The fourth-order valence-electron chi connectivity index (χ4n) is 2.90. The van der Waals surface area contributed by atoms with Crippen molar-refractivity contribution in [2.75, 3.05) is 26.2 Å². The summed E-state index contributed by atoms with van der Waals surface area (Å²) >= 11 is 0. The summed E-state index contributed by atoms with van der Waals surface area (Å²) in [4.78, 5) is 27.6. The Balaban J connectivity index is 1.92. The number of benzene rings is 1. The second-order valence-corrected chi connectivity index (χ2v) is 5.67. The van der Waals surface area contributed by atoms with Gasteiger partial charge in [-0.2, -0.15) is 0 Å². The van der Waals surface area contributed by atoms with E-state index >= 15 is 0 Å². The van der Waals surface area contributed by atoms with Crippen molar-refractivity contribution in [1.82, 2.24) is 9.80 Å². The highest BCUT2D eigenvalue weighted by molar-refractivity contribution is 5.78. The molecule has 2 rings (SSSR count). The zero-order valence-corrected chi connectivity index (χ0v) is 13.6. The van der Waals surface area contributed by atoms with Crippen LogP contribution in [0.1, 0.15) is 25.3 Å². The molecule has 23 heavy (non-hydrogen) atoms. The molecule has 0 bridgehead atoms. The molecule has 1 aromatic carbocycles. The van der Waals surface area contributed by atoms with E-state index in [0.29, 0.717) is 19.6 Å². The number of hydrogen-bond donors (Lipinski definition) is 1. The van der Waals surface area contributed by atoms with Crippen LogP contribution in [0, 0.1) is 0 Å². The number of nitrogens with zero attached hydrogens (tertiary/aromatic N) is 2. The van der Waals surface area contributed by atoms with Gasteiger partial charge in [0.05, 0.1) is 12.6 Å². The minimum atomic E-state index is -0.330. The lowest BCUT2D eigenvalue weighted by Gasteiger charge is -2.38. The second kappa shape index (κ2) is 8.53. The van der Waals surface area contributed by atoms with Crippen molar-refractivity contribution in [3.63, 3.8) is 0 Å². The van der Waals surface area contributed by atoms with E-state index in [-0.39, 0.29) is 31.2 Å². The molecule has 0 spiro atoms. The first-order valence-corrected chi connectivity index (χ1v) is 8.10. The number of likely N-dealkylation sites (N-methyl/N-ethyl adjacent to an activating group) is 1. The van der Waals surface area contributed by atoms with Crippen molar-refractivity contribution >= 4 is 12.0 Å². The van der Waals surface area contributed by atoms with Gasteiger partial charge in [-0.05, 0) is 25.3 Å². The molecule has 1 fully saturated rings. The van der Waals surface area contributed by atoms with E-state index in [9.17, 15) is 9.59 Å². The predicted molar refractivity (Wildman–Crippen MR) is 87.7 cm³/mol. The molecule has 6 nitrogen and oxygen atoms in total. The zero-order chi connectivity index (χ0) is 16.7. The molecule has 1 saturated heterocycles. The standard InChI is InChI=1S/C17H25N3O3/c1-2-20(15-9-6-10-19(12-15)16(21)11-18)17(22)23-13-14-7-4-3-5-8-14/h3-5,7-8,15H,2,6,9-13,18H2,1H3. The fraction of sp³-hybridized carbons (Fsp3) is 0.529. The van der Waals surface area contributed by atoms with Gasteiger partial charge in [0.15, 0.2) is 0 Å². The number of hydrogen-bond acceptors (Lipinski definition) is 4. The van der Waals surface area contributed by atoms with Crippen molar-refractivity contribution in [1.29, 1.82) is 0 Å². The molecule has 0 saturated carbocycles. The normalized spacial score (nSPS) is 17.7. The lowest BCUT2D eigenvalue weighted by atomic mass is 10.0.